The first-order valence-electron chi connectivity index (χ1n) is 6.73. The topological polar surface area (TPSA) is 132 Å². The van der Waals surface area contributed by atoms with Crippen LogP contribution < -0.4 is 0 Å². The molecular formula is C14H19O7P. The summed E-state index contributed by atoms with van der Waals surface area (Å²) in [5, 5.41) is 27.5. The molecule has 0 saturated carbocycles. The highest BCUT2D eigenvalue weighted by molar-refractivity contribution is 7.58. The van der Waals surface area contributed by atoms with Gasteiger partial charge in [0.15, 0.2) is 5.85 Å². The molecule has 0 fully saturated rings. The molecule has 3 atom stereocenters. The predicted molar refractivity (Wildman–Crippen MR) is 78.7 cm³/mol. The Hall–Kier alpha value is -1.69. The number of carboxylic acid groups (broad SMARTS) is 2. The Morgan fingerprint density at radius 2 is 1.68 bits per heavy atom. The van der Waals surface area contributed by atoms with Crippen LogP contribution in [0.5, 0.6) is 0 Å². The molecule has 0 aromatic heterocycles. The van der Waals surface area contributed by atoms with E-state index in [0.29, 0.717) is 0 Å². The number of carboxylic acids is 2. The molecule has 1 aromatic rings. The minimum Gasteiger partial charge on any atom is -0.481 e. The fourth-order valence-electron chi connectivity index (χ4n) is 2.01. The Balaban J connectivity index is 2.68. The Bertz CT molecular complexity index is 558. The number of hydrogen-bond acceptors (Lipinski definition) is 4. The number of benzene rings is 1. The second kappa shape index (κ2) is 8.08. The molecule has 7 nitrogen and oxygen atoms in total. The van der Waals surface area contributed by atoms with Crippen LogP contribution in [0.4, 0.5) is 0 Å². The van der Waals surface area contributed by atoms with Gasteiger partial charge in [-0.3, -0.25) is 14.2 Å². The van der Waals surface area contributed by atoms with Crippen molar-refractivity contribution in [2.75, 3.05) is 6.16 Å². The second-order valence-corrected chi connectivity index (χ2v) is 7.47. The van der Waals surface area contributed by atoms with Crippen molar-refractivity contribution in [3.63, 3.8) is 0 Å². The molecule has 0 heterocycles. The number of aliphatic carboxylic acids is 2. The van der Waals surface area contributed by atoms with Gasteiger partial charge in [-0.1, -0.05) is 30.3 Å². The summed E-state index contributed by atoms with van der Waals surface area (Å²) in [5.41, 5.74) is 0.283. The zero-order chi connectivity index (χ0) is 16.8. The monoisotopic (exact) mass is 330 g/mol. The number of rotatable bonds is 9. The van der Waals surface area contributed by atoms with Crippen LogP contribution in [0.3, 0.4) is 0 Å². The van der Waals surface area contributed by atoms with Gasteiger partial charge < -0.3 is 20.2 Å². The first kappa shape index (κ1) is 18.4. The molecule has 4 N–H and O–H groups in total. The minimum absolute atomic E-state index is 0.119. The summed E-state index contributed by atoms with van der Waals surface area (Å²) >= 11 is 0. The molecule has 0 aliphatic carbocycles. The van der Waals surface area contributed by atoms with Gasteiger partial charge in [0.05, 0.1) is 5.92 Å². The quantitative estimate of drug-likeness (QED) is 0.508. The van der Waals surface area contributed by atoms with Crippen LogP contribution in [0.25, 0.3) is 0 Å². The van der Waals surface area contributed by atoms with E-state index in [2.05, 4.69) is 0 Å². The zero-order valence-corrected chi connectivity index (χ0v) is 12.7. The summed E-state index contributed by atoms with van der Waals surface area (Å²) in [7, 11) is -4.00. The lowest BCUT2D eigenvalue weighted by Crippen LogP contribution is -2.17. The van der Waals surface area contributed by atoms with Crippen LogP contribution in [0, 0.1) is 5.92 Å². The lowest BCUT2D eigenvalue weighted by Gasteiger charge is -2.20. The summed E-state index contributed by atoms with van der Waals surface area (Å²) in [5.74, 6) is -4.94. The van der Waals surface area contributed by atoms with E-state index < -0.39 is 31.1 Å². The van der Waals surface area contributed by atoms with Gasteiger partial charge in [0, 0.05) is 12.6 Å². The molecule has 1 rings (SSSR count). The van der Waals surface area contributed by atoms with Crippen LogP contribution in [0.1, 0.15) is 30.7 Å². The molecule has 0 radical (unpaired) electrons. The third-order valence-electron chi connectivity index (χ3n) is 3.33. The Morgan fingerprint density at radius 1 is 1.09 bits per heavy atom. The van der Waals surface area contributed by atoms with Crippen molar-refractivity contribution in [1.82, 2.24) is 0 Å². The van der Waals surface area contributed by atoms with E-state index in [-0.39, 0.29) is 31.0 Å². The molecular weight excluding hydrogens is 311 g/mol. The van der Waals surface area contributed by atoms with Crippen molar-refractivity contribution in [2.45, 2.75) is 25.1 Å². The van der Waals surface area contributed by atoms with Gasteiger partial charge >= 0.3 is 11.9 Å². The fraction of sp³-hybridized carbons (Fsp3) is 0.429. The van der Waals surface area contributed by atoms with Crippen molar-refractivity contribution in [1.29, 1.82) is 0 Å². The zero-order valence-electron chi connectivity index (χ0n) is 11.8. The average Bonchev–Trinajstić information content (AvgIpc) is 2.46. The van der Waals surface area contributed by atoms with Gasteiger partial charge in [0.25, 0.3) is 0 Å². The van der Waals surface area contributed by atoms with Gasteiger partial charge in [0.1, 0.15) is 0 Å². The Kier molecular flexibility index (Phi) is 6.74. The van der Waals surface area contributed by atoms with Crippen molar-refractivity contribution < 1.29 is 34.4 Å². The van der Waals surface area contributed by atoms with Crippen molar-refractivity contribution >= 4 is 19.3 Å². The lowest BCUT2D eigenvalue weighted by molar-refractivity contribution is -0.143. The number of carbonyl (C=O) groups is 2. The summed E-state index contributed by atoms with van der Waals surface area (Å²) < 4.78 is 12.2. The maximum absolute atomic E-state index is 12.2. The van der Waals surface area contributed by atoms with E-state index in [0.717, 1.165) is 0 Å². The molecule has 0 amide bonds. The van der Waals surface area contributed by atoms with Crippen molar-refractivity contribution in [3.05, 3.63) is 35.9 Å². The minimum atomic E-state index is -4.00. The van der Waals surface area contributed by atoms with E-state index in [9.17, 15) is 24.2 Å². The van der Waals surface area contributed by atoms with Crippen LogP contribution >= 0.6 is 7.37 Å². The summed E-state index contributed by atoms with van der Waals surface area (Å²) in [6.45, 7) is 0. The standard InChI is InChI=1S/C14H19O7P/c15-12(16)7-6-10(13(17)18)8-9-22(20,21)14(19)11-4-2-1-3-5-11/h1-5,10,14,19H,6-9H2,(H,15,16)(H,17,18)(H,20,21). The molecule has 0 bridgehead atoms. The maximum atomic E-state index is 12.2. The highest BCUT2D eigenvalue weighted by Crippen LogP contribution is 2.54. The average molecular weight is 330 g/mol. The van der Waals surface area contributed by atoms with E-state index >= 15 is 0 Å². The van der Waals surface area contributed by atoms with Crippen LogP contribution in [0.15, 0.2) is 30.3 Å². The number of aliphatic hydroxyl groups excluding tert-OH is 1. The lowest BCUT2D eigenvalue weighted by atomic mass is 10.0. The highest BCUT2D eigenvalue weighted by Gasteiger charge is 2.32. The van der Waals surface area contributed by atoms with E-state index in [1.54, 1.807) is 18.2 Å². The third-order valence-corrected chi connectivity index (χ3v) is 5.30. The molecule has 0 aliphatic rings. The Morgan fingerprint density at radius 3 is 2.18 bits per heavy atom. The van der Waals surface area contributed by atoms with Gasteiger partial charge in [-0.25, -0.2) is 0 Å². The smallest absolute Gasteiger partial charge is 0.306 e. The van der Waals surface area contributed by atoms with Crippen LogP contribution in [-0.2, 0) is 14.2 Å². The van der Waals surface area contributed by atoms with Gasteiger partial charge in [-0.05, 0) is 18.4 Å². The molecule has 122 valence electrons. The van der Waals surface area contributed by atoms with Gasteiger partial charge in [0.2, 0.25) is 7.37 Å². The first-order valence-corrected chi connectivity index (χ1v) is 8.64. The molecule has 0 aliphatic heterocycles. The van der Waals surface area contributed by atoms with E-state index in [4.69, 9.17) is 10.2 Å². The summed E-state index contributed by atoms with van der Waals surface area (Å²) in [6.07, 6.45) is -1.00. The number of aliphatic hydroxyl groups is 1. The number of hydrogen-bond donors (Lipinski definition) is 4. The Labute approximate surface area is 127 Å². The van der Waals surface area contributed by atoms with Crippen molar-refractivity contribution in [3.8, 4) is 0 Å². The summed E-state index contributed by atoms with van der Waals surface area (Å²) in [4.78, 5) is 31.5. The van der Waals surface area contributed by atoms with Crippen molar-refractivity contribution in [2.24, 2.45) is 5.92 Å². The normalized spacial score (nSPS) is 16.5. The molecule has 1 aromatic carbocycles. The van der Waals surface area contributed by atoms with Gasteiger partial charge in [-0.15, -0.1) is 0 Å². The van der Waals surface area contributed by atoms with Crippen LogP contribution in [-0.4, -0.2) is 38.3 Å². The van der Waals surface area contributed by atoms with Crippen LogP contribution in [0.2, 0.25) is 0 Å². The second-order valence-electron chi connectivity index (χ2n) is 5.02. The molecule has 8 heteroatoms. The van der Waals surface area contributed by atoms with E-state index in [1.807, 2.05) is 0 Å². The largest absolute Gasteiger partial charge is 0.481 e. The maximum Gasteiger partial charge on any atom is 0.306 e. The summed E-state index contributed by atoms with van der Waals surface area (Å²) in [6, 6.07) is 7.95. The molecule has 3 unspecified atom stereocenters. The first-order chi connectivity index (χ1) is 10.2. The van der Waals surface area contributed by atoms with E-state index in [1.165, 1.54) is 12.1 Å². The third kappa shape index (κ3) is 5.60. The highest BCUT2D eigenvalue weighted by atomic mass is 31.2. The SMILES string of the molecule is O=C(O)CCC(CCP(=O)(O)C(O)c1ccccc1)C(=O)O. The van der Waals surface area contributed by atoms with Gasteiger partial charge in [-0.2, -0.15) is 0 Å². The predicted octanol–water partition coefficient (Wildman–Crippen LogP) is 1.90. The molecule has 0 spiro atoms. The molecule has 0 saturated heterocycles. The molecule has 22 heavy (non-hydrogen) atoms. The fourth-order valence-corrected chi connectivity index (χ4v) is 3.57.